The lowest BCUT2D eigenvalue weighted by atomic mass is 10.1. The Bertz CT molecular complexity index is 270. The third-order valence-electron chi connectivity index (χ3n) is 5.15. The van der Waals surface area contributed by atoms with Crippen LogP contribution in [-0.2, 0) is 0 Å². The molecule has 2 rings (SSSR count). The molecule has 0 aliphatic carbocycles. The normalized spacial score (nSPS) is 25.3. The molecule has 0 radical (unpaired) electrons. The van der Waals surface area contributed by atoms with Crippen LogP contribution in [0.15, 0.2) is 0 Å². The van der Waals surface area contributed by atoms with Crippen LogP contribution < -0.4 is 5.73 Å². The maximum atomic E-state index is 5.93. The van der Waals surface area contributed by atoms with Crippen LogP contribution in [0.3, 0.4) is 0 Å². The maximum Gasteiger partial charge on any atom is 0.0219 e. The van der Waals surface area contributed by atoms with E-state index < -0.39 is 0 Å². The maximum absolute atomic E-state index is 5.93. The average molecular weight is 297 g/mol. The molecule has 5 nitrogen and oxygen atoms in total. The van der Waals surface area contributed by atoms with E-state index in [1.54, 1.807) is 0 Å². The molecule has 2 aliphatic heterocycles. The summed E-state index contributed by atoms with van der Waals surface area (Å²) in [6.07, 6.45) is 2.49. The molecular formula is C16H35N5. The van der Waals surface area contributed by atoms with Crippen molar-refractivity contribution in [1.29, 1.82) is 0 Å². The molecule has 2 fully saturated rings. The molecule has 2 aliphatic rings. The average Bonchev–Trinajstić information content (AvgIpc) is 2.53. The summed E-state index contributed by atoms with van der Waals surface area (Å²) in [5.41, 5.74) is 5.93. The lowest BCUT2D eigenvalue weighted by molar-refractivity contribution is 0.0790. The standard InChI is InChI=1S/C16H35N5/c1-3-4-16(15-17)21-13-11-20(12-14-21)10-9-19-7-5-18(2)6-8-19/h16H,3-15,17H2,1-2H3. The summed E-state index contributed by atoms with van der Waals surface area (Å²) in [6.45, 7) is 15.3. The fourth-order valence-electron chi connectivity index (χ4n) is 3.49. The summed E-state index contributed by atoms with van der Waals surface area (Å²) in [5, 5.41) is 0. The van der Waals surface area contributed by atoms with Gasteiger partial charge in [-0.1, -0.05) is 13.3 Å². The molecule has 5 heteroatoms. The number of piperazine rings is 2. The van der Waals surface area contributed by atoms with E-state index in [0.717, 1.165) is 6.54 Å². The van der Waals surface area contributed by atoms with Gasteiger partial charge in [0.15, 0.2) is 0 Å². The van der Waals surface area contributed by atoms with Gasteiger partial charge in [0.1, 0.15) is 0 Å². The van der Waals surface area contributed by atoms with Crippen LogP contribution in [0.4, 0.5) is 0 Å². The first-order chi connectivity index (χ1) is 10.2. The SMILES string of the molecule is CCCC(CN)N1CCN(CCN2CCN(C)CC2)CC1. The van der Waals surface area contributed by atoms with Gasteiger partial charge < -0.3 is 10.6 Å². The van der Waals surface area contributed by atoms with E-state index in [2.05, 4.69) is 33.6 Å². The lowest BCUT2D eigenvalue weighted by Gasteiger charge is -2.40. The minimum Gasteiger partial charge on any atom is -0.329 e. The zero-order valence-corrected chi connectivity index (χ0v) is 14.1. The summed E-state index contributed by atoms with van der Waals surface area (Å²) in [6, 6.07) is 0.606. The summed E-state index contributed by atoms with van der Waals surface area (Å²) in [4.78, 5) is 10.3. The minimum atomic E-state index is 0.606. The van der Waals surface area contributed by atoms with Crippen molar-refractivity contribution < 1.29 is 0 Å². The molecule has 2 saturated heterocycles. The van der Waals surface area contributed by atoms with Crippen LogP contribution in [-0.4, -0.2) is 105 Å². The van der Waals surface area contributed by atoms with Gasteiger partial charge >= 0.3 is 0 Å². The Morgan fingerprint density at radius 2 is 1.38 bits per heavy atom. The molecule has 0 saturated carbocycles. The Morgan fingerprint density at radius 3 is 1.86 bits per heavy atom. The number of likely N-dealkylation sites (N-methyl/N-ethyl adjacent to an activating group) is 1. The summed E-state index contributed by atoms with van der Waals surface area (Å²) < 4.78 is 0. The summed E-state index contributed by atoms with van der Waals surface area (Å²) in [7, 11) is 2.22. The molecule has 124 valence electrons. The van der Waals surface area contributed by atoms with Crippen molar-refractivity contribution in [3.63, 3.8) is 0 Å². The molecule has 1 unspecified atom stereocenters. The van der Waals surface area contributed by atoms with E-state index in [1.807, 2.05) is 0 Å². The van der Waals surface area contributed by atoms with Crippen molar-refractivity contribution in [3.05, 3.63) is 0 Å². The molecular weight excluding hydrogens is 262 g/mol. The summed E-state index contributed by atoms with van der Waals surface area (Å²) in [5.74, 6) is 0. The van der Waals surface area contributed by atoms with E-state index in [-0.39, 0.29) is 0 Å². The number of hydrogen-bond acceptors (Lipinski definition) is 5. The van der Waals surface area contributed by atoms with E-state index in [4.69, 9.17) is 5.73 Å². The number of hydrogen-bond donors (Lipinski definition) is 1. The monoisotopic (exact) mass is 297 g/mol. The van der Waals surface area contributed by atoms with Crippen LogP contribution in [0.1, 0.15) is 19.8 Å². The Labute approximate surface area is 131 Å². The molecule has 0 amide bonds. The van der Waals surface area contributed by atoms with Gasteiger partial charge in [0.2, 0.25) is 0 Å². The fourth-order valence-corrected chi connectivity index (χ4v) is 3.49. The van der Waals surface area contributed by atoms with Gasteiger partial charge in [-0.2, -0.15) is 0 Å². The predicted molar refractivity (Wildman–Crippen MR) is 89.7 cm³/mol. The largest absolute Gasteiger partial charge is 0.329 e. The number of nitrogens with two attached hydrogens (primary N) is 1. The van der Waals surface area contributed by atoms with E-state index >= 15 is 0 Å². The quantitative estimate of drug-likeness (QED) is 0.715. The summed E-state index contributed by atoms with van der Waals surface area (Å²) >= 11 is 0. The van der Waals surface area contributed by atoms with Crippen LogP contribution >= 0.6 is 0 Å². The first-order valence-electron chi connectivity index (χ1n) is 8.80. The second-order valence-corrected chi connectivity index (χ2v) is 6.70. The van der Waals surface area contributed by atoms with Crippen molar-refractivity contribution in [2.45, 2.75) is 25.8 Å². The van der Waals surface area contributed by atoms with Gasteiger partial charge in [-0.15, -0.1) is 0 Å². The number of nitrogens with zero attached hydrogens (tertiary/aromatic N) is 4. The first kappa shape index (κ1) is 17.2. The van der Waals surface area contributed by atoms with Crippen molar-refractivity contribution in [2.24, 2.45) is 5.73 Å². The molecule has 2 N–H and O–H groups in total. The molecule has 0 spiro atoms. The Balaban J connectivity index is 1.62. The van der Waals surface area contributed by atoms with Crippen molar-refractivity contribution in [1.82, 2.24) is 19.6 Å². The second kappa shape index (κ2) is 9.06. The molecule has 0 aromatic rings. The lowest BCUT2D eigenvalue weighted by Crippen LogP contribution is -2.54. The molecule has 21 heavy (non-hydrogen) atoms. The Morgan fingerprint density at radius 1 is 0.857 bits per heavy atom. The van der Waals surface area contributed by atoms with Crippen LogP contribution in [0.5, 0.6) is 0 Å². The van der Waals surface area contributed by atoms with Crippen LogP contribution in [0, 0.1) is 0 Å². The third kappa shape index (κ3) is 5.49. The highest BCUT2D eigenvalue weighted by Gasteiger charge is 2.23. The van der Waals surface area contributed by atoms with Gasteiger partial charge in [-0.25, -0.2) is 0 Å². The van der Waals surface area contributed by atoms with Crippen molar-refractivity contribution in [3.8, 4) is 0 Å². The highest BCUT2D eigenvalue weighted by atomic mass is 15.3. The zero-order chi connectivity index (χ0) is 15.1. The molecule has 0 bridgehead atoms. The topological polar surface area (TPSA) is 39.0 Å². The van der Waals surface area contributed by atoms with Crippen LogP contribution in [0.2, 0.25) is 0 Å². The molecule has 0 aromatic heterocycles. The zero-order valence-electron chi connectivity index (χ0n) is 14.1. The Hall–Kier alpha value is -0.200. The van der Waals surface area contributed by atoms with E-state index in [0.29, 0.717) is 6.04 Å². The highest BCUT2D eigenvalue weighted by Crippen LogP contribution is 2.10. The molecule has 1 atom stereocenters. The van der Waals surface area contributed by atoms with E-state index in [9.17, 15) is 0 Å². The molecule has 2 heterocycles. The first-order valence-corrected chi connectivity index (χ1v) is 8.80. The fraction of sp³-hybridized carbons (Fsp3) is 1.00. The number of rotatable bonds is 7. The van der Waals surface area contributed by atoms with Crippen molar-refractivity contribution in [2.75, 3.05) is 79.0 Å². The van der Waals surface area contributed by atoms with Gasteiger partial charge in [0, 0.05) is 78.0 Å². The third-order valence-corrected chi connectivity index (χ3v) is 5.15. The Kier molecular flexibility index (Phi) is 7.40. The highest BCUT2D eigenvalue weighted by molar-refractivity contribution is 4.80. The van der Waals surface area contributed by atoms with Crippen LogP contribution in [0.25, 0.3) is 0 Å². The van der Waals surface area contributed by atoms with Gasteiger partial charge in [0.05, 0.1) is 0 Å². The molecule has 0 aromatic carbocycles. The second-order valence-electron chi connectivity index (χ2n) is 6.70. The minimum absolute atomic E-state index is 0.606. The van der Waals surface area contributed by atoms with E-state index in [1.165, 1.54) is 78.3 Å². The van der Waals surface area contributed by atoms with Crippen molar-refractivity contribution >= 4 is 0 Å². The van der Waals surface area contributed by atoms with Gasteiger partial charge in [-0.3, -0.25) is 14.7 Å². The predicted octanol–water partition coefficient (Wildman–Crippen LogP) is -0.0212. The van der Waals surface area contributed by atoms with Gasteiger partial charge in [0.25, 0.3) is 0 Å². The van der Waals surface area contributed by atoms with Gasteiger partial charge in [-0.05, 0) is 13.5 Å². The smallest absolute Gasteiger partial charge is 0.0219 e.